The Morgan fingerprint density at radius 1 is 1.07 bits per heavy atom. The zero-order chi connectivity index (χ0) is 19.2. The van der Waals surface area contributed by atoms with Crippen LogP contribution in [0.2, 0.25) is 15.1 Å². The largest absolute Gasteiger partial charge is 0.482 e. The topological polar surface area (TPSA) is 69.0 Å². The summed E-state index contributed by atoms with van der Waals surface area (Å²) in [5, 5.41) is 7.83. The molecule has 0 saturated carbocycles. The smallest absolute Gasteiger partial charge is 0.258 e. The zero-order valence-electron chi connectivity index (χ0n) is 14.0. The molecule has 0 atom stereocenters. The predicted octanol–water partition coefficient (Wildman–Crippen LogP) is 3.98. The molecule has 0 unspecified atom stereocenters. The highest BCUT2D eigenvalue weighted by Gasteiger charge is 2.10. The van der Waals surface area contributed by atoms with Crippen molar-refractivity contribution in [1.29, 1.82) is 0 Å². The number of nitrogens with zero attached hydrogens (tertiary/aromatic N) is 3. The van der Waals surface area contributed by atoms with Crippen LogP contribution in [0, 0.1) is 0 Å². The van der Waals surface area contributed by atoms with Gasteiger partial charge in [-0.05, 0) is 17.2 Å². The molecule has 140 valence electrons. The van der Waals surface area contributed by atoms with Gasteiger partial charge in [-0.2, -0.15) is 5.10 Å². The molecule has 0 aliphatic carbocycles. The summed E-state index contributed by atoms with van der Waals surface area (Å²) in [6, 6.07) is 10.7. The molecule has 3 rings (SSSR count). The van der Waals surface area contributed by atoms with Crippen molar-refractivity contribution >= 4 is 40.7 Å². The molecular formula is C18H15Cl3N4O2. The maximum absolute atomic E-state index is 12.1. The molecule has 27 heavy (non-hydrogen) atoms. The Balaban J connectivity index is 1.56. The second-order valence-electron chi connectivity index (χ2n) is 5.62. The SMILES string of the molecule is O=C(COc1cc(Cl)c(Cl)cc1Cl)NCc1ccccc1Cn1cncn1. The standard InChI is InChI=1S/C18H15Cl3N4O2/c19-14-5-16(21)17(6-15(14)20)27-9-18(26)23-7-12-3-1-2-4-13(12)8-25-11-22-10-24-25/h1-6,10-11H,7-9H2,(H,23,26). The third-order valence-corrected chi connectivity index (χ3v) is 4.74. The summed E-state index contributed by atoms with van der Waals surface area (Å²) in [6.45, 7) is 0.743. The van der Waals surface area contributed by atoms with Crippen LogP contribution < -0.4 is 10.1 Å². The lowest BCUT2D eigenvalue weighted by atomic mass is 10.1. The van der Waals surface area contributed by atoms with E-state index in [2.05, 4.69) is 15.4 Å². The van der Waals surface area contributed by atoms with Crippen molar-refractivity contribution < 1.29 is 9.53 Å². The summed E-state index contributed by atoms with van der Waals surface area (Å²) < 4.78 is 7.15. The van der Waals surface area contributed by atoms with E-state index in [4.69, 9.17) is 39.5 Å². The number of amides is 1. The van der Waals surface area contributed by atoms with Crippen LogP contribution >= 0.6 is 34.8 Å². The summed E-state index contributed by atoms with van der Waals surface area (Å²) in [5.74, 6) is 0.0143. The van der Waals surface area contributed by atoms with Gasteiger partial charge < -0.3 is 10.1 Å². The highest BCUT2D eigenvalue weighted by atomic mass is 35.5. The highest BCUT2D eigenvalue weighted by Crippen LogP contribution is 2.33. The van der Waals surface area contributed by atoms with E-state index in [9.17, 15) is 4.79 Å². The fraction of sp³-hybridized carbons (Fsp3) is 0.167. The quantitative estimate of drug-likeness (QED) is 0.581. The van der Waals surface area contributed by atoms with Crippen molar-refractivity contribution in [2.45, 2.75) is 13.1 Å². The lowest BCUT2D eigenvalue weighted by molar-refractivity contribution is -0.123. The fourth-order valence-electron chi connectivity index (χ4n) is 2.38. The lowest BCUT2D eigenvalue weighted by Gasteiger charge is -2.12. The highest BCUT2D eigenvalue weighted by molar-refractivity contribution is 6.43. The molecule has 9 heteroatoms. The van der Waals surface area contributed by atoms with Gasteiger partial charge in [-0.25, -0.2) is 9.67 Å². The van der Waals surface area contributed by atoms with Crippen molar-refractivity contribution in [3.8, 4) is 5.75 Å². The van der Waals surface area contributed by atoms with Crippen LogP contribution in [0.1, 0.15) is 11.1 Å². The Bertz CT molecular complexity index is 932. The van der Waals surface area contributed by atoms with E-state index in [-0.39, 0.29) is 17.5 Å². The van der Waals surface area contributed by atoms with Gasteiger partial charge in [-0.1, -0.05) is 59.1 Å². The summed E-state index contributed by atoms with van der Waals surface area (Å²) in [5.41, 5.74) is 2.02. The van der Waals surface area contributed by atoms with Gasteiger partial charge in [0.05, 0.1) is 21.6 Å². The molecule has 2 aromatic carbocycles. The van der Waals surface area contributed by atoms with Gasteiger partial charge in [0.25, 0.3) is 5.91 Å². The van der Waals surface area contributed by atoms with E-state index < -0.39 is 0 Å². The number of ether oxygens (including phenoxy) is 1. The Hall–Kier alpha value is -2.28. The normalized spacial score (nSPS) is 10.6. The predicted molar refractivity (Wildman–Crippen MR) is 104 cm³/mol. The average Bonchev–Trinajstić information content (AvgIpc) is 3.16. The van der Waals surface area contributed by atoms with Crippen molar-refractivity contribution in [3.63, 3.8) is 0 Å². The first kappa shape index (κ1) is 19.5. The number of hydrogen-bond donors (Lipinski definition) is 1. The van der Waals surface area contributed by atoms with E-state index in [0.717, 1.165) is 11.1 Å². The van der Waals surface area contributed by atoms with Crippen LogP contribution in [0.25, 0.3) is 0 Å². The number of halogens is 3. The summed E-state index contributed by atoms with van der Waals surface area (Å²) in [4.78, 5) is 16.0. The molecule has 6 nitrogen and oxygen atoms in total. The molecule has 0 bridgehead atoms. The van der Waals surface area contributed by atoms with Gasteiger partial charge in [0.2, 0.25) is 0 Å². The van der Waals surface area contributed by atoms with Crippen molar-refractivity contribution in [3.05, 3.63) is 75.2 Å². The van der Waals surface area contributed by atoms with Crippen LogP contribution in [0.3, 0.4) is 0 Å². The number of rotatable bonds is 7. The van der Waals surface area contributed by atoms with E-state index in [1.54, 1.807) is 11.0 Å². The average molecular weight is 426 g/mol. The van der Waals surface area contributed by atoms with Crippen molar-refractivity contribution in [2.75, 3.05) is 6.61 Å². The van der Waals surface area contributed by atoms with Gasteiger partial charge in [0.1, 0.15) is 18.4 Å². The van der Waals surface area contributed by atoms with Gasteiger partial charge in [0.15, 0.2) is 6.61 Å². The van der Waals surface area contributed by atoms with Gasteiger partial charge in [0, 0.05) is 12.6 Å². The number of carbonyl (C=O) groups is 1. The zero-order valence-corrected chi connectivity index (χ0v) is 16.3. The van der Waals surface area contributed by atoms with E-state index in [0.29, 0.717) is 28.9 Å². The van der Waals surface area contributed by atoms with E-state index in [1.807, 2.05) is 24.3 Å². The monoisotopic (exact) mass is 424 g/mol. The van der Waals surface area contributed by atoms with Gasteiger partial charge in [-0.3, -0.25) is 4.79 Å². The van der Waals surface area contributed by atoms with Crippen molar-refractivity contribution in [1.82, 2.24) is 20.1 Å². The molecule has 0 aliphatic rings. The molecule has 0 radical (unpaired) electrons. The minimum atomic E-state index is -0.285. The van der Waals surface area contributed by atoms with Gasteiger partial charge in [-0.15, -0.1) is 0 Å². The molecule has 1 N–H and O–H groups in total. The first-order valence-electron chi connectivity index (χ1n) is 7.96. The Morgan fingerprint density at radius 3 is 2.56 bits per heavy atom. The maximum Gasteiger partial charge on any atom is 0.258 e. The van der Waals surface area contributed by atoms with E-state index in [1.165, 1.54) is 18.5 Å². The molecular weight excluding hydrogens is 411 g/mol. The van der Waals surface area contributed by atoms with Crippen LogP contribution in [0.4, 0.5) is 0 Å². The Morgan fingerprint density at radius 2 is 1.81 bits per heavy atom. The molecule has 1 aromatic heterocycles. The van der Waals surface area contributed by atoms with Crippen LogP contribution in [0.15, 0.2) is 49.1 Å². The lowest BCUT2D eigenvalue weighted by Crippen LogP contribution is -2.29. The summed E-state index contributed by atoms with van der Waals surface area (Å²) in [6.07, 6.45) is 3.13. The first-order valence-corrected chi connectivity index (χ1v) is 9.09. The molecule has 0 saturated heterocycles. The minimum absolute atomic E-state index is 0.192. The molecule has 0 spiro atoms. The number of carbonyl (C=O) groups excluding carboxylic acids is 1. The molecule has 1 heterocycles. The third kappa shape index (κ3) is 5.35. The van der Waals surface area contributed by atoms with E-state index >= 15 is 0 Å². The van der Waals surface area contributed by atoms with Crippen molar-refractivity contribution in [2.24, 2.45) is 0 Å². The van der Waals surface area contributed by atoms with Gasteiger partial charge >= 0.3 is 0 Å². The number of nitrogens with one attached hydrogen (secondary N) is 1. The first-order chi connectivity index (χ1) is 13.0. The second-order valence-corrected chi connectivity index (χ2v) is 6.85. The Labute approximate surface area is 171 Å². The molecule has 0 aliphatic heterocycles. The number of benzene rings is 2. The fourth-order valence-corrected chi connectivity index (χ4v) is 2.97. The molecule has 0 fully saturated rings. The van der Waals surface area contributed by atoms with Crippen LogP contribution in [0.5, 0.6) is 5.75 Å². The number of hydrogen-bond acceptors (Lipinski definition) is 4. The number of aromatic nitrogens is 3. The summed E-state index contributed by atoms with van der Waals surface area (Å²) >= 11 is 17.8. The molecule has 1 amide bonds. The van der Waals surface area contributed by atoms with Crippen LogP contribution in [-0.2, 0) is 17.9 Å². The minimum Gasteiger partial charge on any atom is -0.482 e. The Kier molecular flexibility index (Phi) is 6.55. The maximum atomic E-state index is 12.1. The second kappa shape index (κ2) is 9.08. The van der Waals surface area contributed by atoms with Crippen LogP contribution in [-0.4, -0.2) is 27.3 Å². The summed E-state index contributed by atoms with van der Waals surface area (Å²) in [7, 11) is 0. The third-order valence-electron chi connectivity index (χ3n) is 3.73. The molecule has 3 aromatic rings.